The van der Waals surface area contributed by atoms with Crippen LogP contribution in [0.3, 0.4) is 0 Å². The summed E-state index contributed by atoms with van der Waals surface area (Å²) in [4.78, 5) is 0. The maximum absolute atomic E-state index is 4.86. The van der Waals surface area contributed by atoms with Gasteiger partial charge < -0.3 is 4.74 Å². The van der Waals surface area contributed by atoms with E-state index in [9.17, 15) is 0 Å². The molecule has 0 bridgehead atoms. The fraction of sp³-hybridized carbons (Fsp3) is 0.333. The van der Waals surface area contributed by atoms with Gasteiger partial charge in [0.15, 0.2) is 0 Å². The first-order chi connectivity index (χ1) is 3.13. The summed E-state index contributed by atoms with van der Waals surface area (Å²) in [5, 5.41) is 0. The SMILES string of the molecule is C=C(C)OC(=C)C.F. The largest absolute Gasteiger partial charge is 0.468 e. The Morgan fingerprint density at radius 1 is 1.12 bits per heavy atom. The minimum atomic E-state index is 0. The number of ether oxygens (including phenoxy) is 1. The van der Waals surface area contributed by atoms with Gasteiger partial charge in [0.1, 0.15) is 0 Å². The van der Waals surface area contributed by atoms with Crippen LogP contribution in [0.5, 0.6) is 0 Å². The summed E-state index contributed by atoms with van der Waals surface area (Å²) < 4.78 is 4.86. The van der Waals surface area contributed by atoms with Gasteiger partial charge in [-0.1, -0.05) is 13.2 Å². The number of hydrogen-bond donors (Lipinski definition) is 0. The third kappa shape index (κ3) is 8.96. The highest BCUT2D eigenvalue weighted by atomic mass is 19.0. The maximum atomic E-state index is 4.86. The predicted octanol–water partition coefficient (Wildman–Crippen LogP) is 2.22. The molecule has 0 radical (unpaired) electrons. The first-order valence-electron chi connectivity index (χ1n) is 2.12. The zero-order valence-electron chi connectivity index (χ0n) is 5.23. The second-order valence-electron chi connectivity index (χ2n) is 1.51. The maximum Gasteiger partial charge on any atom is 0.0933 e. The van der Waals surface area contributed by atoms with Crippen LogP contribution in [0.2, 0.25) is 0 Å². The van der Waals surface area contributed by atoms with Crippen LogP contribution in [-0.2, 0) is 4.74 Å². The van der Waals surface area contributed by atoms with Gasteiger partial charge in [-0.25, -0.2) is 0 Å². The van der Waals surface area contributed by atoms with Gasteiger partial charge in [-0.05, 0) is 13.8 Å². The van der Waals surface area contributed by atoms with E-state index in [4.69, 9.17) is 4.74 Å². The van der Waals surface area contributed by atoms with Gasteiger partial charge in [-0.3, -0.25) is 4.70 Å². The molecule has 0 aromatic heterocycles. The first-order valence-corrected chi connectivity index (χ1v) is 2.12. The topological polar surface area (TPSA) is 9.23 Å². The molecule has 8 heavy (non-hydrogen) atoms. The van der Waals surface area contributed by atoms with Crippen molar-refractivity contribution < 1.29 is 9.44 Å². The Morgan fingerprint density at radius 2 is 1.38 bits per heavy atom. The third-order valence-electron chi connectivity index (χ3n) is 0.348. The third-order valence-corrected chi connectivity index (χ3v) is 0.348. The van der Waals surface area contributed by atoms with Crippen LogP contribution in [0, 0.1) is 0 Å². The summed E-state index contributed by atoms with van der Waals surface area (Å²) in [6.45, 7) is 10.6. The Balaban J connectivity index is 0. The van der Waals surface area contributed by atoms with E-state index in [1.54, 1.807) is 13.8 Å². The molecule has 0 heterocycles. The summed E-state index contributed by atoms with van der Waals surface area (Å²) in [6.07, 6.45) is 0. The van der Waals surface area contributed by atoms with Crippen molar-refractivity contribution in [3.05, 3.63) is 24.7 Å². The molecule has 0 rings (SSSR count). The number of hydrogen-bond acceptors (Lipinski definition) is 1. The average Bonchev–Trinajstić information content (AvgIpc) is 1.27. The molecule has 2 heteroatoms. The predicted molar refractivity (Wildman–Crippen MR) is 33.2 cm³/mol. The van der Waals surface area contributed by atoms with E-state index in [1.165, 1.54) is 0 Å². The molecular weight excluding hydrogens is 107 g/mol. The Hall–Kier alpha value is -0.790. The second-order valence-corrected chi connectivity index (χ2v) is 1.51. The van der Waals surface area contributed by atoms with Crippen molar-refractivity contribution in [2.75, 3.05) is 0 Å². The number of allylic oxidation sites excluding steroid dienone is 2. The van der Waals surface area contributed by atoms with Crippen molar-refractivity contribution in [2.24, 2.45) is 0 Å². The summed E-state index contributed by atoms with van der Waals surface area (Å²) in [7, 11) is 0. The lowest BCUT2D eigenvalue weighted by Gasteiger charge is -1.99. The molecule has 0 aromatic carbocycles. The van der Waals surface area contributed by atoms with Gasteiger partial charge in [0.2, 0.25) is 0 Å². The molecule has 0 saturated carbocycles. The quantitative estimate of drug-likeness (QED) is 0.505. The van der Waals surface area contributed by atoms with Crippen LogP contribution in [0.25, 0.3) is 0 Å². The summed E-state index contributed by atoms with van der Waals surface area (Å²) in [6, 6.07) is 0. The molecule has 0 unspecified atom stereocenters. The van der Waals surface area contributed by atoms with E-state index in [-0.39, 0.29) is 4.70 Å². The van der Waals surface area contributed by atoms with E-state index in [0.29, 0.717) is 11.5 Å². The fourth-order valence-corrected chi connectivity index (χ4v) is 0.297. The Bertz CT molecular complexity index is 84.7. The highest BCUT2D eigenvalue weighted by Gasteiger charge is 1.80. The van der Waals surface area contributed by atoms with E-state index >= 15 is 0 Å². The monoisotopic (exact) mass is 118 g/mol. The molecule has 0 fully saturated rings. The lowest BCUT2D eigenvalue weighted by Crippen LogP contribution is -1.78. The number of halogens is 1. The van der Waals surface area contributed by atoms with Crippen molar-refractivity contribution >= 4 is 0 Å². The molecule has 48 valence electrons. The smallest absolute Gasteiger partial charge is 0.0933 e. The van der Waals surface area contributed by atoms with Crippen LogP contribution in [0.1, 0.15) is 13.8 Å². The molecule has 0 N–H and O–H groups in total. The highest BCUT2D eigenvalue weighted by molar-refractivity contribution is 4.85. The molecule has 1 nitrogen and oxygen atoms in total. The summed E-state index contributed by atoms with van der Waals surface area (Å²) in [5.74, 6) is 1.38. The molecule has 0 atom stereocenters. The standard InChI is InChI=1S/C6H10O.FH/c1-5(2)7-6(3)4;/h1,3H2,2,4H3;1H. The van der Waals surface area contributed by atoms with Gasteiger partial charge in [-0.2, -0.15) is 0 Å². The van der Waals surface area contributed by atoms with Crippen molar-refractivity contribution in [1.29, 1.82) is 0 Å². The Kier molecular flexibility index (Phi) is 5.60. The van der Waals surface area contributed by atoms with Crippen LogP contribution in [-0.4, -0.2) is 0 Å². The first kappa shape index (κ1) is 10.2. The van der Waals surface area contributed by atoms with Crippen molar-refractivity contribution in [3.8, 4) is 0 Å². The molecular formula is C6H11FO. The van der Waals surface area contributed by atoms with E-state index in [2.05, 4.69) is 13.2 Å². The molecule has 0 saturated heterocycles. The van der Waals surface area contributed by atoms with Crippen LogP contribution in [0.4, 0.5) is 4.70 Å². The van der Waals surface area contributed by atoms with Crippen LogP contribution >= 0.6 is 0 Å². The van der Waals surface area contributed by atoms with E-state index in [0.717, 1.165) is 0 Å². The lowest BCUT2D eigenvalue weighted by atomic mass is 10.6. The van der Waals surface area contributed by atoms with Crippen LogP contribution in [0.15, 0.2) is 24.7 Å². The van der Waals surface area contributed by atoms with Gasteiger partial charge in [0.05, 0.1) is 11.5 Å². The minimum Gasteiger partial charge on any atom is -0.468 e. The summed E-state index contributed by atoms with van der Waals surface area (Å²) in [5.41, 5.74) is 0. The van der Waals surface area contributed by atoms with Crippen molar-refractivity contribution in [2.45, 2.75) is 13.8 Å². The van der Waals surface area contributed by atoms with E-state index < -0.39 is 0 Å². The van der Waals surface area contributed by atoms with Gasteiger partial charge in [-0.15, -0.1) is 0 Å². The normalized spacial score (nSPS) is 6.75. The lowest BCUT2D eigenvalue weighted by molar-refractivity contribution is 0.313. The zero-order chi connectivity index (χ0) is 5.86. The van der Waals surface area contributed by atoms with Crippen molar-refractivity contribution in [1.82, 2.24) is 0 Å². The van der Waals surface area contributed by atoms with Gasteiger partial charge >= 0.3 is 0 Å². The molecule has 0 aliphatic rings. The van der Waals surface area contributed by atoms with Gasteiger partial charge in [0, 0.05) is 0 Å². The second kappa shape index (κ2) is 4.37. The highest BCUT2D eigenvalue weighted by Crippen LogP contribution is 1.97. The van der Waals surface area contributed by atoms with Crippen molar-refractivity contribution in [3.63, 3.8) is 0 Å². The molecule has 0 aromatic rings. The average molecular weight is 118 g/mol. The molecule has 0 spiro atoms. The Morgan fingerprint density at radius 3 is 1.38 bits per heavy atom. The minimum absolute atomic E-state index is 0. The van der Waals surface area contributed by atoms with Crippen LogP contribution < -0.4 is 0 Å². The Labute approximate surface area is 49.0 Å². The van der Waals surface area contributed by atoms with Gasteiger partial charge in [0.25, 0.3) is 0 Å². The molecule has 0 aliphatic heterocycles. The molecule has 0 amide bonds. The van der Waals surface area contributed by atoms with E-state index in [1.807, 2.05) is 0 Å². The zero-order valence-corrected chi connectivity index (χ0v) is 5.23. The molecule has 0 aliphatic carbocycles. The summed E-state index contributed by atoms with van der Waals surface area (Å²) >= 11 is 0. The number of rotatable bonds is 2. The fourth-order valence-electron chi connectivity index (χ4n) is 0.297.